The zero-order chi connectivity index (χ0) is 10.8. The summed E-state index contributed by atoms with van der Waals surface area (Å²) in [4.78, 5) is 3.99. The number of hydrogen-bond acceptors (Lipinski definition) is 2. The molecule has 0 atom stereocenters. The van der Waals surface area contributed by atoms with Crippen LogP contribution < -0.4 is 5.73 Å². The Morgan fingerprint density at radius 2 is 2.07 bits per heavy atom. The molecular weight excluding hydrogens is 191 g/mol. The van der Waals surface area contributed by atoms with Gasteiger partial charge in [-0.1, -0.05) is 6.07 Å². The van der Waals surface area contributed by atoms with Crippen LogP contribution in [0.15, 0.2) is 36.7 Å². The lowest BCUT2D eigenvalue weighted by molar-refractivity contribution is 0.633. The van der Waals surface area contributed by atoms with Crippen molar-refractivity contribution in [3.8, 4) is 11.1 Å². The molecule has 15 heavy (non-hydrogen) atoms. The molecule has 3 heteroatoms. The molecule has 1 heterocycles. The van der Waals surface area contributed by atoms with Crippen molar-refractivity contribution in [2.24, 2.45) is 0 Å². The molecule has 0 saturated carbocycles. The minimum atomic E-state index is -0.385. The molecule has 0 unspecified atom stereocenters. The fourth-order valence-corrected chi connectivity index (χ4v) is 1.49. The van der Waals surface area contributed by atoms with Crippen molar-refractivity contribution in [1.82, 2.24) is 4.98 Å². The molecule has 2 rings (SSSR count). The van der Waals surface area contributed by atoms with Crippen LogP contribution >= 0.6 is 0 Å². The summed E-state index contributed by atoms with van der Waals surface area (Å²) in [6, 6.07) is 6.68. The second kappa shape index (κ2) is 3.69. The molecule has 2 nitrogen and oxygen atoms in total. The first-order valence-electron chi connectivity index (χ1n) is 4.64. The van der Waals surface area contributed by atoms with Crippen LogP contribution in [0.1, 0.15) is 5.56 Å². The molecule has 0 amide bonds. The number of hydrogen-bond donors (Lipinski definition) is 1. The maximum Gasteiger partial charge on any atom is 0.146 e. The fourth-order valence-electron chi connectivity index (χ4n) is 1.49. The van der Waals surface area contributed by atoms with Crippen molar-refractivity contribution in [2.45, 2.75) is 6.92 Å². The third-order valence-electron chi connectivity index (χ3n) is 2.33. The lowest BCUT2D eigenvalue weighted by Gasteiger charge is -2.06. The molecule has 0 aliphatic heterocycles. The van der Waals surface area contributed by atoms with E-state index in [4.69, 9.17) is 5.73 Å². The molecule has 0 fully saturated rings. The van der Waals surface area contributed by atoms with E-state index in [0.29, 0.717) is 0 Å². The molecule has 0 aliphatic carbocycles. The van der Waals surface area contributed by atoms with Gasteiger partial charge in [-0.2, -0.15) is 0 Å². The van der Waals surface area contributed by atoms with Crippen molar-refractivity contribution in [1.29, 1.82) is 0 Å². The predicted molar refractivity (Wildman–Crippen MR) is 58.8 cm³/mol. The summed E-state index contributed by atoms with van der Waals surface area (Å²) in [6.45, 7) is 1.94. The summed E-state index contributed by atoms with van der Waals surface area (Å²) in [6.07, 6.45) is 3.44. The smallest absolute Gasteiger partial charge is 0.146 e. The van der Waals surface area contributed by atoms with Crippen molar-refractivity contribution >= 4 is 5.69 Å². The van der Waals surface area contributed by atoms with Gasteiger partial charge < -0.3 is 5.73 Å². The van der Waals surface area contributed by atoms with E-state index in [1.807, 2.05) is 13.0 Å². The topological polar surface area (TPSA) is 38.9 Å². The van der Waals surface area contributed by atoms with Crippen LogP contribution in [0.4, 0.5) is 10.1 Å². The van der Waals surface area contributed by atoms with Crippen molar-refractivity contribution < 1.29 is 4.39 Å². The van der Waals surface area contributed by atoms with Gasteiger partial charge in [0.15, 0.2) is 0 Å². The molecule has 0 aliphatic rings. The molecule has 1 aromatic heterocycles. The highest BCUT2D eigenvalue weighted by Crippen LogP contribution is 2.24. The lowest BCUT2D eigenvalue weighted by atomic mass is 10.0. The summed E-state index contributed by atoms with van der Waals surface area (Å²) >= 11 is 0. The molecule has 1 aromatic carbocycles. The van der Waals surface area contributed by atoms with E-state index in [0.717, 1.165) is 16.7 Å². The number of benzene rings is 1. The van der Waals surface area contributed by atoms with E-state index >= 15 is 0 Å². The van der Waals surface area contributed by atoms with Gasteiger partial charge in [-0.3, -0.25) is 4.98 Å². The highest BCUT2D eigenvalue weighted by molar-refractivity contribution is 5.68. The zero-order valence-electron chi connectivity index (χ0n) is 8.37. The van der Waals surface area contributed by atoms with Gasteiger partial charge in [-0.25, -0.2) is 4.39 Å². The predicted octanol–water partition coefficient (Wildman–Crippen LogP) is 2.78. The summed E-state index contributed by atoms with van der Waals surface area (Å²) in [7, 11) is 0. The van der Waals surface area contributed by atoms with Gasteiger partial charge in [0.25, 0.3) is 0 Å². The van der Waals surface area contributed by atoms with Crippen molar-refractivity contribution in [3.05, 3.63) is 48.0 Å². The van der Waals surface area contributed by atoms with Crippen LogP contribution in [-0.2, 0) is 0 Å². The standard InChI is InChI=1S/C12H11FN2/c1-8-7-15-5-4-10(8)9-2-3-12(14)11(13)6-9/h2-7H,14H2,1H3. The normalized spacial score (nSPS) is 10.3. The number of nitrogens with zero attached hydrogens (tertiary/aromatic N) is 1. The lowest BCUT2D eigenvalue weighted by Crippen LogP contribution is -1.91. The SMILES string of the molecule is Cc1cnccc1-c1ccc(N)c(F)c1. The third-order valence-corrected chi connectivity index (χ3v) is 2.33. The first-order valence-corrected chi connectivity index (χ1v) is 4.64. The Hall–Kier alpha value is -1.90. The Morgan fingerprint density at radius 1 is 1.27 bits per heavy atom. The molecule has 2 N–H and O–H groups in total. The fraction of sp³-hybridized carbons (Fsp3) is 0.0833. The maximum atomic E-state index is 13.3. The summed E-state index contributed by atoms with van der Waals surface area (Å²) < 4.78 is 13.3. The van der Waals surface area contributed by atoms with E-state index < -0.39 is 0 Å². The molecule has 0 radical (unpaired) electrons. The first-order chi connectivity index (χ1) is 7.18. The highest BCUT2D eigenvalue weighted by Gasteiger charge is 2.04. The van der Waals surface area contributed by atoms with Crippen LogP contribution in [0.3, 0.4) is 0 Å². The molecule has 2 aromatic rings. The highest BCUT2D eigenvalue weighted by atomic mass is 19.1. The average molecular weight is 202 g/mol. The Labute approximate surface area is 87.6 Å². The number of aryl methyl sites for hydroxylation is 1. The number of nitrogen functional groups attached to an aromatic ring is 1. The van der Waals surface area contributed by atoms with Gasteiger partial charge in [-0.05, 0) is 41.8 Å². The first kappa shape index (κ1) is 9.65. The van der Waals surface area contributed by atoms with Gasteiger partial charge in [0.05, 0.1) is 5.69 Å². The van der Waals surface area contributed by atoms with E-state index in [1.54, 1.807) is 24.5 Å². The Balaban J connectivity index is 2.55. The van der Waals surface area contributed by atoms with Gasteiger partial charge in [0.2, 0.25) is 0 Å². The molecule has 0 saturated heterocycles. The number of nitrogens with two attached hydrogens (primary N) is 1. The summed E-state index contributed by atoms with van der Waals surface area (Å²) in [5.41, 5.74) is 8.40. The van der Waals surface area contributed by atoms with Gasteiger partial charge in [0, 0.05) is 12.4 Å². The number of anilines is 1. The Kier molecular flexibility index (Phi) is 2.37. The summed E-state index contributed by atoms with van der Waals surface area (Å²) in [5.74, 6) is -0.385. The van der Waals surface area contributed by atoms with E-state index in [2.05, 4.69) is 4.98 Å². The zero-order valence-corrected chi connectivity index (χ0v) is 8.37. The second-order valence-electron chi connectivity index (χ2n) is 3.43. The largest absolute Gasteiger partial charge is 0.396 e. The van der Waals surface area contributed by atoms with Gasteiger partial charge in [-0.15, -0.1) is 0 Å². The second-order valence-corrected chi connectivity index (χ2v) is 3.43. The minimum absolute atomic E-state index is 0.172. The van der Waals surface area contributed by atoms with Crippen LogP contribution in [-0.4, -0.2) is 4.98 Å². The number of rotatable bonds is 1. The number of halogens is 1. The third kappa shape index (κ3) is 1.81. The monoisotopic (exact) mass is 202 g/mol. The quantitative estimate of drug-likeness (QED) is 0.722. The Morgan fingerprint density at radius 3 is 2.73 bits per heavy atom. The molecule has 0 bridgehead atoms. The molecule has 76 valence electrons. The Bertz CT molecular complexity index is 495. The summed E-state index contributed by atoms with van der Waals surface area (Å²) in [5, 5.41) is 0. The van der Waals surface area contributed by atoms with Crippen molar-refractivity contribution in [3.63, 3.8) is 0 Å². The van der Waals surface area contributed by atoms with E-state index in [9.17, 15) is 4.39 Å². The number of pyridine rings is 1. The van der Waals surface area contributed by atoms with Crippen molar-refractivity contribution in [2.75, 3.05) is 5.73 Å². The van der Waals surface area contributed by atoms with Crippen LogP contribution in [0.2, 0.25) is 0 Å². The minimum Gasteiger partial charge on any atom is -0.396 e. The van der Waals surface area contributed by atoms with Gasteiger partial charge in [0.1, 0.15) is 5.82 Å². The van der Waals surface area contributed by atoms with Crippen LogP contribution in [0.25, 0.3) is 11.1 Å². The maximum absolute atomic E-state index is 13.3. The van der Waals surface area contributed by atoms with Crippen LogP contribution in [0, 0.1) is 12.7 Å². The molecule has 0 spiro atoms. The van der Waals surface area contributed by atoms with Gasteiger partial charge >= 0.3 is 0 Å². The van der Waals surface area contributed by atoms with Crippen LogP contribution in [0.5, 0.6) is 0 Å². The molecular formula is C12H11FN2. The average Bonchev–Trinajstić information content (AvgIpc) is 2.23. The van der Waals surface area contributed by atoms with E-state index in [1.165, 1.54) is 6.07 Å². The van der Waals surface area contributed by atoms with E-state index in [-0.39, 0.29) is 11.5 Å². The number of aromatic nitrogens is 1.